The third-order valence-corrected chi connectivity index (χ3v) is 4.48. The number of benzene rings is 4. The van der Waals surface area contributed by atoms with Crippen molar-refractivity contribution in [1.82, 2.24) is 0 Å². The molecule has 0 saturated carbocycles. The maximum Gasteiger partial charge on any atom is 0.504 e. The van der Waals surface area contributed by atoms with Crippen molar-refractivity contribution in [2.24, 2.45) is 0 Å². The fraction of sp³-hybridized carbons (Fsp3) is 0. The summed E-state index contributed by atoms with van der Waals surface area (Å²) in [6, 6.07) is 41.3. The minimum Gasteiger partial charge on any atom is -0.389 e. The smallest absolute Gasteiger partial charge is 0.389 e. The number of para-hydroxylation sites is 4. The van der Waals surface area contributed by atoms with Gasteiger partial charge in [0.2, 0.25) is 0 Å². The summed E-state index contributed by atoms with van der Waals surface area (Å²) in [5.41, 5.74) is 4.30. The van der Waals surface area contributed by atoms with Crippen LogP contribution in [0.3, 0.4) is 0 Å². The summed E-state index contributed by atoms with van der Waals surface area (Å²) in [6.07, 6.45) is 0. The molecular weight excluding hydrogens is 341 g/mol. The van der Waals surface area contributed by atoms with E-state index in [-0.39, 0.29) is 7.12 Å². The molecule has 4 aromatic carbocycles. The highest BCUT2D eigenvalue weighted by atomic mass is 15.2. The molecule has 4 rings (SSSR count). The second-order valence-corrected chi connectivity index (χ2v) is 6.46. The van der Waals surface area contributed by atoms with Crippen molar-refractivity contribution in [2.45, 2.75) is 0 Å². The highest BCUT2D eigenvalue weighted by Crippen LogP contribution is 2.27. The normalized spacial score (nSPS) is 10.1. The zero-order chi connectivity index (χ0) is 19.0. The molecule has 3 nitrogen and oxygen atoms in total. The Hall–Kier alpha value is -3.66. The van der Waals surface area contributed by atoms with Gasteiger partial charge in [-0.2, -0.15) is 0 Å². The van der Waals surface area contributed by atoms with E-state index in [4.69, 9.17) is 0 Å². The Kier molecular flexibility index (Phi) is 5.59. The Morgan fingerprint density at radius 1 is 0.429 bits per heavy atom. The predicted octanol–water partition coefficient (Wildman–Crippen LogP) is 6.03. The molecular formula is C24H22BN3. The van der Waals surface area contributed by atoms with Crippen LogP contribution in [0.5, 0.6) is 0 Å². The Morgan fingerprint density at radius 3 is 1.11 bits per heavy atom. The third-order valence-electron chi connectivity index (χ3n) is 4.48. The van der Waals surface area contributed by atoms with E-state index in [0.29, 0.717) is 0 Å². The van der Waals surface area contributed by atoms with Crippen LogP contribution in [0.25, 0.3) is 0 Å². The lowest BCUT2D eigenvalue weighted by atomic mass is 9.86. The number of anilines is 4. The fourth-order valence-electron chi connectivity index (χ4n) is 3.17. The molecule has 0 atom stereocenters. The average Bonchev–Trinajstić information content (AvgIpc) is 2.77. The molecule has 4 aromatic rings. The van der Waals surface area contributed by atoms with E-state index in [1.165, 1.54) is 0 Å². The van der Waals surface area contributed by atoms with Crippen molar-refractivity contribution in [3.05, 3.63) is 121 Å². The zero-order valence-corrected chi connectivity index (χ0v) is 15.6. The molecule has 0 heterocycles. The molecule has 0 aliphatic heterocycles. The van der Waals surface area contributed by atoms with Crippen LogP contribution in [-0.4, -0.2) is 7.12 Å². The lowest BCUT2D eigenvalue weighted by molar-refractivity contribution is 1.35. The molecule has 0 aromatic heterocycles. The maximum absolute atomic E-state index is 3.64. The van der Waals surface area contributed by atoms with Crippen LogP contribution in [0, 0.1) is 0 Å². The van der Waals surface area contributed by atoms with Crippen molar-refractivity contribution in [2.75, 3.05) is 15.3 Å². The van der Waals surface area contributed by atoms with Gasteiger partial charge < -0.3 is 15.3 Å². The first kappa shape index (κ1) is 17.7. The van der Waals surface area contributed by atoms with Crippen molar-refractivity contribution < 1.29 is 0 Å². The molecule has 0 aliphatic rings. The van der Waals surface area contributed by atoms with Crippen LogP contribution in [0.2, 0.25) is 0 Å². The standard InChI is InChI=1S/C24H22BN3/c1-5-13-21(14-6-1)26-25(27-22-15-7-2-8-16-22)28(23-17-9-3-10-18-23)24-19-11-4-12-20-24/h1-20,26-27H. The Bertz CT molecular complexity index is 883. The molecule has 4 heteroatoms. The third kappa shape index (κ3) is 4.36. The molecule has 0 fully saturated rings. The van der Waals surface area contributed by atoms with Crippen LogP contribution in [0.1, 0.15) is 0 Å². The summed E-state index contributed by atoms with van der Waals surface area (Å²) in [7, 11) is -0.186. The average molecular weight is 363 g/mol. The maximum atomic E-state index is 3.64. The van der Waals surface area contributed by atoms with Gasteiger partial charge in [-0.25, -0.2) is 0 Å². The first-order chi connectivity index (χ1) is 13.9. The van der Waals surface area contributed by atoms with Gasteiger partial charge in [-0.1, -0.05) is 72.8 Å². The van der Waals surface area contributed by atoms with Gasteiger partial charge in [0, 0.05) is 22.7 Å². The summed E-state index contributed by atoms with van der Waals surface area (Å²) in [5.74, 6) is 0. The predicted molar refractivity (Wildman–Crippen MR) is 121 cm³/mol. The Labute approximate surface area is 166 Å². The molecule has 0 amide bonds. The Balaban J connectivity index is 1.76. The summed E-state index contributed by atoms with van der Waals surface area (Å²) >= 11 is 0. The van der Waals surface area contributed by atoms with Gasteiger partial charge in [0.05, 0.1) is 0 Å². The SMILES string of the molecule is c1ccc(NB(Nc2ccccc2)N(c2ccccc2)c2ccccc2)cc1. The molecule has 0 radical (unpaired) electrons. The molecule has 0 saturated heterocycles. The van der Waals surface area contributed by atoms with E-state index in [1.54, 1.807) is 0 Å². The van der Waals surface area contributed by atoms with Crippen molar-refractivity contribution in [1.29, 1.82) is 0 Å². The van der Waals surface area contributed by atoms with Gasteiger partial charge in [-0.05, 0) is 48.5 Å². The van der Waals surface area contributed by atoms with Gasteiger partial charge >= 0.3 is 7.12 Å². The van der Waals surface area contributed by atoms with Crippen molar-refractivity contribution in [3.63, 3.8) is 0 Å². The zero-order valence-electron chi connectivity index (χ0n) is 15.6. The van der Waals surface area contributed by atoms with Gasteiger partial charge in [0.25, 0.3) is 0 Å². The summed E-state index contributed by atoms with van der Waals surface area (Å²) < 4.78 is 0. The first-order valence-electron chi connectivity index (χ1n) is 9.43. The number of nitrogens with zero attached hydrogens (tertiary/aromatic N) is 1. The second kappa shape index (κ2) is 8.82. The first-order valence-corrected chi connectivity index (χ1v) is 9.43. The van der Waals surface area contributed by atoms with Crippen molar-refractivity contribution >= 4 is 29.9 Å². The van der Waals surface area contributed by atoms with Gasteiger partial charge in [0.15, 0.2) is 0 Å². The second-order valence-electron chi connectivity index (χ2n) is 6.46. The lowest BCUT2D eigenvalue weighted by Gasteiger charge is -2.32. The van der Waals surface area contributed by atoms with E-state index in [2.05, 4.69) is 88.1 Å². The largest absolute Gasteiger partial charge is 0.504 e. The topological polar surface area (TPSA) is 27.3 Å². The van der Waals surface area contributed by atoms with Crippen LogP contribution in [0.4, 0.5) is 22.7 Å². The minimum atomic E-state index is -0.186. The lowest BCUT2D eigenvalue weighted by Crippen LogP contribution is -2.49. The molecule has 2 N–H and O–H groups in total. The molecule has 0 bridgehead atoms. The molecule has 0 aliphatic carbocycles. The highest BCUT2D eigenvalue weighted by molar-refractivity contribution is 6.71. The van der Waals surface area contributed by atoms with E-state index in [0.717, 1.165) is 22.7 Å². The van der Waals surface area contributed by atoms with Crippen LogP contribution in [0.15, 0.2) is 121 Å². The van der Waals surface area contributed by atoms with Gasteiger partial charge in [0.1, 0.15) is 0 Å². The molecule has 28 heavy (non-hydrogen) atoms. The molecule has 0 unspecified atom stereocenters. The summed E-state index contributed by atoms with van der Waals surface area (Å²) in [4.78, 5) is 2.26. The minimum absolute atomic E-state index is 0.186. The van der Waals surface area contributed by atoms with Crippen LogP contribution < -0.4 is 15.3 Å². The van der Waals surface area contributed by atoms with Gasteiger partial charge in [-0.15, -0.1) is 0 Å². The summed E-state index contributed by atoms with van der Waals surface area (Å²) in [6.45, 7) is 0. The summed E-state index contributed by atoms with van der Waals surface area (Å²) in [5, 5.41) is 7.28. The van der Waals surface area contributed by atoms with E-state index in [9.17, 15) is 0 Å². The van der Waals surface area contributed by atoms with Crippen LogP contribution >= 0.6 is 0 Å². The number of rotatable bonds is 7. The van der Waals surface area contributed by atoms with Crippen molar-refractivity contribution in [3.8, 4) is 0 Å². The molecule has 0 spiro atoms. The highest BCUT2D eigenvalue weighted by Gasteiger charge is 2.28. The van der Waals surface area contributed by atoms with E-state index in [1.807, 2.05) is 48.5 Å². The monoisotopic (exact) mass is 363 g/mol. The number of hydrogen-bond acceptors (Lipinski definition) is 3. The Morgan fingerprint density at radius 2 is 0.750 bits per heavy atom. The van der Waals surface area contributed by atoms with Gasteiger partial charge in [-0.3, -0.25) is 0 Å². The number of nitrogens with one attached hydrogen (secondary N) is 2. The quantitative estimate of drug-likeness (QED) is 0.392. The fourth-order valence-corrected chi connectivity index (χ4v) is 3.17. The number of hydrogen-bond donors (Lipinski definition) is 2. The molecule has 136 valence electrons. The van der Waals surface area contributed by atoms with Crippen LogP contribution in [-0.2, 0) is 0 Å². The van der Waals surface area contributed by atoms with E-state index >= 15 is 0 Å². The van der Waals surface area contributed by atoms with E-state index < -0.39 is 0 Å².